The van der Waals surface area contributed by atoms with Crippen LogP contribution in [0.1, 0.15) is 35.7 Å². The van der Waals surface area contributed by atoms with Gasteiger partial charge >= 0.3 is 0 Å². The first kappa shape index (κ1) is 17.5. The molecule has 4 rings (SSSR count). The van der Waals surface area contributed by atoms with E-state index in [0.717, 1.165) is 28.1 Å². The van der Waals surface area contributed by atoms with Crippen molar-refractivity contribution in [1.29, 1.82) is 0 Å². The molecule has 0 bridgehead atoms. The van der Waals surface area contributed by atoms with Crippen LogP contribution in [0.15, 0.2) is 72.9 Å². The number of carbonyl (C=O) groups is 1. The number of benzene rings is 3. The van der Waals surface area contributed by atoms with Crippen LogP contribution in [0.4, 0.5) is 4.39 Å². The Labute approximate surface area is 158 Å². The summed E-state index contributed by atoms with van der Waals surface area (Å²) in [6, 6.07) is 21.4. The molecular weight excluding hydrogens is 337 g/mol. The standard InChI is InChI=1S/C24H22FNO/c1-2-8-18(25)15-26-16-22(20-12-5-6-14-23(20)26)24(27)21-13-7-10-17-9-3-4-11-19(17)21/h3-7,9-14,16,18H,2,8,15H2,1H3/t18-/m0/s1. The normalized spacial score (nSPS) is 12.5. The van der Waals surface area contributed by atoms with Crippen molar-refractivity contribution in [3.8, 4) is 0 Å². The fourth-order valence-electron chi connectivity index (χ4n) is 3.77. The van der Waals surface area contributed by atoms with E-state index in [2.05, 4.69) is 0 Å². The molecule has 2 nitrogen and oxygen atoms in total. The van der Waals surface area contributed by atoms with Gasteiger partial charge in [-0.2, -0.15) is 0 Å². The van der Waals surface area contributed by atoms with Gasteiger partial charge < -0.3 is 4.57 Å². The van der Waals surface area contributed by atoms with Gasteiger partial charge in [0.05, 0.1) is 6.54 Å². The Balaban J connectivity index is 1.82. The molecule has 0 amide bonds. The third kappa shape index (κ3) is 3.25. The molecule has 0 spiro atoms. The minimum Gasteiger partial charge on any atom is -0.344 e. The number of rotatable bonds is 6. The van der Waals surface area contributed by atoms with Crippen LogP contribution in [0.2, 0.25) is 0 Å². The average Bonchev–Trinajstić information content (AvgIpc) is 3.06. The van der Waals surface area contributed by atoms with Gasteiger partial charge in [-0.05, 0) is 23.3 Å². The Morgan fingerprint density at radius 2 is 1.63 bits per heavy atom. The van der Waals surface area contributed by atoms with Gasteiger partial charge in [0.2, 0.25) is 0 Å². The van der Waals surface area contributed by atoms with Gasteiger partial charge in [0.1, 0.15) is 6.17 Å². The molecule has 1 aromatic heterocycles. The minimum atomic E-state index is -0.911. The van der Waals surface area contributed by atoms with Crippen molar-refractivity contribution in [2.24, 2.45) is 0 Å². The van der Waals surface area contributed by atoms with E-state index in [9.17, 15) is 9.18 Å². The molecule has 0 saturated heterocycles. The van der Waals surface area contributed by atoms with Crippen molar-refractivity contribution in [2.75, 3.05) is 0 Å². The Morgan fingerprint density at radius 3 is 2.44 bits per heavy atom. The highest BCUT2D eigenvalue weighted by molar-refractivity contribution is 6.21. The topological polar surface area (TPSA) is 22.0 Å². The summed E-state index contributed by atoms with van der Waals surface area (Å²) in [7, 11) is 0. The van der Waals surface area contributed by atoms with Gasteiger partial charge in [-0.1, -0.05) is 74.0 Å². The number of nitrogens with zero attached hydrogens (tertiary/aromatic N) is 1. The van der Waals surface area contributed by atoms with E-state index in [-0.39, 0.29) is 12.3 Å². The highest BCUT2D eigenvalue weighted by Crippen LogP contribution is 2.27. The lowest BCUT2D eigenvalue weighted by molar-refractivity contribution is 0.104. The zero-order valence-corrected chi connectivity index (χ0v) is 15.4. The fourth-order valence-corrected chi connectivity index (χ4v) is 3.77. The highest BCUT2D eigenvalue weighted by atomic mass is 19.1. The SMILES string of the molecule is CCC[C@H](F)Cn1cc(C(=O)c2cccc3ccccc23)c2ccccc21. The molecule has 1 heterocycles. The zero-order chi connectivity index (χ0) is 18.8. The van der Waals surface area contributed by atoms with Gasteiger partial charge in [-0.15, -0.1) is 0 Å². The smallest absolute Gasteiger partial charge is 0.195 e. The maximum Gasteiger partial charge on any atom is 0.195 e. The maximum atomic E-state index is 14.3. The quantitative estimate of drug-likeness (QED) is 0.378. The van der Waals surface area contributed by atoms with Crippen LogP contribution < -0.4 is 0 Å². The monoisotopic (exact) mass is 359 g/mol. The first-order valence-corrected chi connectivity index (χ1v) is 9.43. The summed E-state index contributed by atoms with van der Waals surface area (Å²) in [4.78, 5) is 13.4. The predicted octanol–water partition coefficient (Wildman–Crippen LogP) is 6.16. The molecule has 4 aromatic rings. The summed E-state index contributed by atoms with van der Waals surface area (Å²) in [6.45, 7) is 2.26. The zero-order valence-electron chi connectivity index (χ0n) is 15.4. The molecule has 136 valence electrons. The molecule has 0 N–H and O–H groups in total. The molecule has 0 aliphatic rings. The van der Waals surface area contributed by atoms with Crippen molar-refractivity contribution in [1.82, 2.24) is 4.57 Å². The molecule has 0 fully saturated rings. The molecule has 0 saturated carbocycles. The van der Waals surface area contributed by atoms with Gasteiger partial charge in [-0.3, -0.25) is 4.79 Å². The molecule has 1 atom stereocenters. The number of alkyl halides is 1. The van der Waals surface area contributed by atoms with Crippen molar-refractivity contribution in [3.05, 3.63) is 84.1 Å². The lowest BCUT2D eigenvalue weighted by atomic mass is 9.97. The number of aromatic nitrogens is 1. The number of hydrogen-bond acceptors (Lipinski definition) is 1. The second kappa shape index (κ2) is 7.36. The van der Waals surface area contributed by atoms with Crippen molar-refractivity contribution in [2.45, 2.75) is 32.5 Å². The van der Waals surface area contributed by atoms with Crippen LogP contribution in [0.25, 0.3) is 21.7 Å². The number of para-hydroxylation sites is 1. The van der Waals surface area contributed by atoms with Crippen LogP contribution in [0.3, 0.4) is 0 Å². The summed E-state index contributed by atoms with van der Waals surface area (Å²) in [5, 5.41) is 2.86. The van der Waals surface area contributed by atoms with Gasteiger partial charge in [0.25, 0.3) is 0 Å². The minimum absolute atomic E-state index is 0.0207. The largest absolute Gasteiger partial charge is 0.344 e. The lowest BCUT2D eigenvalue weighted by Crippen LogP contribution is -2.10. The van der Waals surface area contributed by atoms with E-state index < -0.39 is 6.17 Å². The molecule has 0 radical (unpaired) electrons. The Kier molecular flexibility index (Phi) is 4.76. The maximum absolute atomic E-state index is 14.3. The number of ketones is 1. The van der Waals surface area contributed by atoms with Crippen molar-refractivity contribution >= 4 is 27.5 Å². The fraction of sp³-hybridized carbons (Fsp3) is 0.208. The Morgan fingerprint density at radius 1 is 0.926 bits per heavy atom. The van der Waals surface area contributed by atoms with Crippen LogP contribution in [0, 0.1) is 0 Å². The molecule has 0 aliphatic heterocycles. The van der Waals surface area contributed by atoms with Crippen LogP contribution >= 0.6 is 0 Å². The Hall–Kier alpha value is -2.94. The molecule has 27 heavy (non-hydrogen) atoms. The van der Waals surface area contributed by atoms with Crippen LogP contribution in [0.5, 0.6) is 0 Å². The second-order valence-corrected chi connectivity index (χ2v) is 6.95. The van der Waals surface area contributed by atoms with Gasteiger partial charge in [0, 0.05) is 28.2 Å². The van der Waals surface area contributed by atoms with E-state index in [4.69, 9.17) is 0 Å². The summed E-state index contributed by atoms with van der Waals surface area (Å²) in [5.74, 6) is -0.0207. The number of fused-ring (bicyclic) bond motifs is 2. The summed E-state index contributed by atoms with van der Waals surface area (Å²) in [5.41, 5.74) is 2.21. The van der Waals surface area contributed by atoms with E-state index >= 15 is 0 Å². The summed E-state index contributed by atoms with van der Waals surface area (Å²) < 4.78 is 16.1. The first-order valence-electron chi connectivity index (χ1n) is 9.43. The molecule has 3 aromatic carbocycles. The highest BCUT2D eigenvalue weighted by Gasteiger charge is 2.19. The Bertz CT molecular complexity index is 1110. The number of carbonyl (C=O) groups excluding carboxylic acids is 1. The van der Waals surface area contributed by atoms with Crippen LogP contribution in [-0.2, 0) is 6.54 Å². The van der Waals surface area contributed by atoms with E-state index in [1.165, 1.54) is 0 Å². The van der Waals surface area contributed by atoms with E-state index in [1.807, 2.05) is 84.4 Å². The summed E-state index contributed by atoms with van der Waals surface area (Å²) >= 11 is 0. The lowest BCUT2D eigenvalue weighted by Gasteiger charge is -2.09. The van der Waals surface area contributed by atoms with Crippen molar-refractivity contribution in [3.63, 3.8) is 0 Å². The molecular formula is C24H22FNO. The van der Waals surface area contributed by atoms with E-state index in [0.29, 0.717) is 17.5 Å². The molecule has 0 aliphatic carbocycles. The third-order valence-electron chi connectivity index (χ3n) is 5.06. The second-order valence-electron chi connectivity index (χ2n) is 6.95. The van der Waals surface area contributed by atoms with E-state index in [1.54, 1.807) is 0 Å². The first-order chi connectivity index (χ1) is 13.2. The molecule has 0 unspecified atom stereocenters. The number of halogens is 1. The summed E-state index contributed by atoms with van der Waals surface area (Å²) in [6.07, 6.45) is 2.24. The van der Waals surface area contributed by atoms with Crippen LogP contribution in [-0.4, -0.2) is 16.5 Å². The predicted molar refractivity (Wildman–Crippen MR) is 109 cm³/mol. The van der Waals surface area contributed by atoms with Crippen molar-refractivity contribution < 1.29 is 9.18 Å². The third-order valence-corrected chi connectivity index (χ3v) is 5.06. The average molecular weight is 359 g/mol. The van der Waals surface area contributed by atoms with Gasteiger partial charge in [-0.25, -0.2) is 4.39 Å². The number of hydrogen-bond donors (Lipinski definition) is 0. The van der Waals surface area contributed by atoms with Gasteiger partial charge in [0.15, 0.2) is 5.78 Å². The molecule has 3 heteroatoms.